The van der Waals surface area contributed by atoms with Crippen LogP contribution in [0.2, 0.25) is 0 Å². The van der Waals surface area contributed by atoms with Crippen LogP contribution in [0.1, 0.15) is 67.2 Å². The van der Waals surface area contributed by atoms with E-state index in [-0.39, 0.29) is 161 Å². The number of hydrogen-bond acceptors (Lipinski definition) is 20. The predicted octanol–water partition coefficient (Wildman–Crippen LogP) is 0.665. The van der Waals surface area contributed by atoms with Crippen LogP contribution in [-0.4, -0.2) is 230 Å². The molecule has 27 heteroatoms. The quantitative estimate of drug-likeness (QED) is 0.0197. The van der Waals surface area contributed by atoms with E-state index in [0.29, 0.717) is 70.5 Å². The second-order valence-corrected chi connectivity index (χ2v) is 17.8. The number of halogens is 1. The Bertz CT molecular complexity index is 1760. The first-order valence-electron chi connectivity index (χ1n) is 24.8. The number of fused-ring (bicyclic) bond motifs is 1. The average Bonchev–Trinajstić information content (AvgIpc) is 3.62. The summed E-state index contributed by atoms with van der Waals surface area (Å²) in [5.74, 6) is -1.87. The standard InChI is InChI=1S/C48H79IN6O20/c1-47(2,3)75-46(62)54-74-34-33-70-32-31-68-27-24-65-21-14-51-41(57)10-18-72-36-48(37-73-19-12-43(59)53-49,35-71-17-9-40(56)50-13-20-63-4)52-42(58)11-16-64-23-26-67-29-30-69-28-25-66-22-15-55-44(60)38-7-5-6-8-39(38)45(55)61/h5-8H,9-37H2,1-4H3,(H,50,56)(H,51,57)(H,52,58)(H,53,59)(H,54,62). The average molecular weight is 1190 g/mol. The lowest BCUT2D eigenvalue weighted by Gasteiger charge is -2.34. The molecule has 5 N–H and O–H groups in total. The first kappa shape index (κ1) is 66.9. The van der Waals surface area contributed by atoms with Crippen molar-refractivity contribution in [3.8, 4) is 0 Å². The Hall–Kier alpha value is -4.24. The molecule has 0 saturated carbocycles. The SMILES string of the molecule is COCCNC(=O)CCOCC(COCCC(=O)NI)(COCCC(=O)NCCOCCOCCOCCONC(=O)OC(C)(C)C)NC(=O)CCOCCOCCOCCOCCN1C(=O)c2ccccc2C1=O. The van der Waals surface area contributed by atoms with Crippen LogP contribution in [0.25, 0.3) is 0 Å². The number of ether oxygens (including phenoxy) is 12. The fourth-order valence-corrected chi connectivity index (χ4v) is 6.51. The van der Waals surface area contributed by atoms with Gasteiger partial charge < -0.3 is 72.8 Å². The number of nitrogens with one attached hydrogen (secondary N) is 5. The van der Waals surface area contributed by atoms with Gasteiger partial charge >= 0.3 is 6.09 Å². The van der Waals surface area contributed by atoms with Gasteiger partial charge in [0.15, 0.2) is 0 Å². The zero-order chi connectivity index (χ0) is 54.8. The number of rotatable bonds is 47. The van der Waals surface area contributed by atoms with Crippen molar-refractivity contribution in [1.29, 1.82) is 0 Å². The molecule has 0 aromatic heterocycles. The molecule has 428 valence electrons. The molecule has 26 nitrogen and oxygen atoms in total. The van der Waals surface area contributed by atoms with Gasteiger partial charge in [-0.25, -0.2) is 4.79 Å². The summed E-state index contributed by atoms with van der Waals surface area (Å²) >= 11 is 1.73. The van der Waals surface area contributed by atoms with Crippen molar-refractivity contribution in [2.45, 2.75) is 57.6 Å². The number of carbonyl (C=O) groups is 7. The van der Waals surface area contributed by atoms with E-state index < -0.39 is 23.1 Å². The van der Waals surface area contributed by atoms with Gasteiger partial charge in [-0.3, -0.25) is 42.0 Å². The molecular weight excluding hydrogens is 1110 g/mol. The maximum absolute atomic E-state index is 13.4. The van der Waals surface area contributed by atoms with Crippen molar-refractivity contribution >= 4 is 64.4 Å². The second kappa shape index (κ2) is 41.9. The van der Waals surface area contributed by atoms with Crippen LogP contribution in [0.3, 0.4) is 0 Å². The molecule has 0 radical (unpaired) electrons. The molecule has 0 bridgehead atoms. The number of benzene rings is 1. The Morgan fingerprint density at radius 1 is 0.507 bits per heavy atom. The highest BCUT2D eigenvalue weighted by molar-refractivity contribution is 14.1. The summed E-state index contributed by atoms with van der Waals surface area (Å²) in [7, 11) is 1.53. The van der Waals surface area contributed by atoms with E-state index >= 15 is 0 Å². The van der Waals surface area contributed by atoms with Crippen LogP contribution in [-0.2, 0) is 80.9 Å². The lowest BCUT2D eigenvalue weighted by molar-refractivity contribution is -0.131. The third kappa shape index (κ3) is 33.5. The van der Waals surface area contributed by atoms with Crippen molar-refractivity contribution < 1.29 is 95.2 Å². The van der Waals surface area contributed by atoms with Crippen molar-refractivity contribution in [3.63, 3.8) is 0 Å². The highest BCUT2D eigenvalue weighted by Gasteiger charge is 2.35. The van der Waals surface area contributed by atoms with Crippen LogP contribution in [0, 0.1) is 0 Å². The number of methoxy groups -OCH3 is 1. The summed E-state index contributed by atoms with van der Waals surface area (Å²) in [4.78, 5) is 92.8. The third-order valence-electron chi connectivity index (χ3n) is 9.82. The van der Waals surface area contributed by atoms with Crippen molar-refractivity contribution in [2.75, 3.05) is 172 Å². The molecule has 1 atom stereocenters. The minimum atomic E-state index is -1.29. The molecule has 2 rings (SSSR count). The Kier molecular flexibility index (Phi) is 37.3. The molecule has 7 amide bonds. The molecule has 1 aromatic rings. The summed E-state index contributed by atoms with van der Waals surface area (Å²) in [5.41, 5.74) is 1.05. The molecule has 0 fully saturated rings. The lowest BCUT2D eigenvalue weighted by Crippen LogP contribution is -2.59. The van der Waals surface area contributed by atoms with E-state index in [4.69, 9.17) is 61.7 Å². The fraction of sp³-hybridized carbons (Fsp3) is 0.729. The topological polar surface area (TPSA) is 303 Å². The van der Waals surface area contributed by atoms with Crippen molar-refractivity contribution in [2.24, 2.45) is 0 Å². The number of imide groups is 1. The molecule has 75 heavy (non-hydrogen) atoms. The highest BCUT2D eigenvalue weighted by Crippen LogP contribution is 2.22. The monoisotopic (exact) mass is 1190 g/mol. The second-order valence-electron chi connectivity index (χ2n) is 17.2. The number of carbonyl (C=O) groups excluding carboxylic acids is 7. The first-order valence-corrected chi connectivity index (χ1v) is 25.8. The van der Waals surface area contributed by atoms with E-state index in [1.165, 1.54) is 12.0 Å². The predicted molar refractivity (Wildman–Crippen MR) is 275 cm³/mol. The van der Waals surface area contributed by atoms with E-state index in [9.17, 15) is 33.6 Å². The smallest absolute Gasteiger partial charge is 0.431 e. The molecule has 0 aliphatic carbocycles. The van der Waals surface area contributed by atoms with Crippen LogP contribution in [0.5, 0.6) is 0 Å². The maximum Gasteiger partial charge on any atom is 0.431 e. The zero-order valence-corrected chi connectivity index (χ0v) is 46.0. The molecule has 0 spiro atoms. The third-order valence-corrected chi connectivity index (χ3v) is 10.4. The molecule has 1 unspecified atom stereocenters. The highest BCUT2D eigenvalue weighted by atomic mass is 127. The Morgan fingerprint density at radius 3 is 1.37 bits per heavy atom. The minimum Gasteiger partial charge on any atom is -0.442 e. The van der Waals surface area contributed by atoms with Gasteiger partial charge in [-0.1, -0.05) is 12.1 Å². The van der Waals surface area contributed by atoms with Crippen LogP contribution in [0.4, 0.5) is 4.79 Å². The van der Waals surface area contributed by atoms with Gasteiger partial charge in [0.2, 0.25) is 23.6 Å². The summed E-state index contributed by atoms with van der Waals surface area (Å²) in [6.07, 6.45) is -0.650. The summed E-state index contributed by atoms with van der Waals surface area (Å²) < 4.78 is 68.8. The van der Waals surface area contributed by atoms with Gasteiger partial charge in [0.05, 0.1) is 192 Å². The van der Waals surface area contributed by atoms with Crippen LogP contribution < -0.4 is 25.0 Å². The van der Waals surface area contributed by atoms with Gasteiger partial charge in [-0.2, -0.15) is 5.48 Å². The Balaban J connectivity index is 1.70. The molecule has 1 aromatic carbocycles. The summed E-state index contributed by atoms with van der Waals surface area (Å²) in [6, 6.07) is 6.70. The normalized spacial score (nSPS) is 13.1. The number of hydrogen-bond donors (Lipinski definition) is 5. The molecule has 1 aliphatic heterocycles. The lowest BCUT2D eigenvalue weighted by atomic mass is 10.0. The van der Waals surface area contributed by atoms with E-state index in [1.54, 1.807) is 67.9 Å². The largest absolute Gasteiger partial charge is 0.442 e. The van der Waals surface area contributed by atoms with Crippen LogP contribution >= 0.6 is 22.9 Å². The van der Waals surface area contributed by atoms with Gasteiger partial charge in [0, 0.05) is 39.5 Å². The van der Waals surface area contributed by atoms with Gasteiger partial charge in [-0.05, 0) is 32.9 Å². The fourth-order valence-electron chi connectivity index (χ4n) is 6.24. The van der Waals surface area contributed by atoms with Gasteiger partial charge in [0.1, 0.15) is 11.1 Å². The summed E-state index contributed by atoms with van der Waals surface area (Å²) in [5, 5.41) is 8.42. The Morgan fingerprint density at radius 2 is 0.907 bits per heavy atom. The minimum absolute atomic E-state index is 0.00568. The summed E-state index contributed by atoms with van der Waals surface area (Å²) in [6.45, 7) is 9.64. The molecular formula is C48H79IN6O20. The van der Waals surface area contributed by atoms with Crippen LogP contribution in [0.15, 0.2) is 24.3 Å². The maximum atomic E-state index is 13.4. The first-order chi connectivity index (χ1) is 36.2. The van der Waals surface area contributed by atoms with E-state index in [0.717, 1.165) is 0 Å². The molecule has 1 heterocycles. The van der Waals surface area contributed by atoms with Gasteiger partial charge in [0.25, 0.3) is 11.8 Å². The van der Waals surface area contributed by atoms with E-state index in [1.807, 2.05) is 0 Å². The molecule has 0 saturated heterocycles. The number of hydroxylamine groups is 1. The van der Waals surface area contributed by atoms with E-state index in [2.05, 4.69) is 25.0 Å². The van der Waals surface area contributed by atoms with Crippen molar-refractivity contribution in [1.82, 2.24) is 29.9 Å². The van der Waals surface area contributed by atoms with Gasteiger partial charge in [-0.15, -0.1) is 0 Å². The number of amides is 7. The zero-order valence-electron chi connectivity index (χ0n) is 43.8. The molecule has 1 aliphatic rings. The number of nitrogens with zero attached hydrogens (tertiary/aromatic N) is 1. The van der Waals surface area contributed by atoms with Crippen molar-refractivity contribution in [3.05, 3.63) is 35.4 Å². The Labute approximate surface area is 452 Å².